The van der Waals surface area contributed by atoms with Crippen molar-refractivity contribution in [1.29, 1.82) is 0 Å². The maximum absolute atomic E-state index is 4.94. The van der Waals surface area contributed by atoms with Crippen molar-refractivity contribution in [1.82, 2.24) is 0 Å². The predicted molar refractivity (Wildman–Crippen MR) is 150 cm³/mol. The van der Waals surface area contributed by atoms with Crippen LogP contribution in [0.4, 0.5) is 11.4 Å². The molecule has 5 heteroatoms. The van der Waals surface area contributed by atoms with Crippen molar-refractivity contribution >= 4 is 54.2 Å². The summed E-state index contributed by atoms with van der Waals surface area (Å²) in [4.78, 5) is 4.94. The standard InChI is InChI=1S/C27H27N2PS2/c1-30(2,25-19-11-5-12-20-25,26-21-13-6-14-22-26)32-31-27(28-23-15-7-3-8-16-23)29-24-17-9-4-10-18-24/h3-22H,1-2H3,(H,28,29). The summed E-state index contributed by atoms with van der Waals surface area (Å²) >= 11 is 0. The second-order valence-electron chi connectivity index (χ2n) is 8.07. The van der Waals surface area contributed by atoms with Crippen LogP contribution in [0.15, 0.2) is 126 Å². The number of rotatable bonds is 6. The third kappa shape index (κ3) is 5.27. The van der Waals surface area contributed by atoms with Gasteiger partial charge in [0.15, 0.2) is 0 Å². The van der Waals surface area contributed by atoms with Crippen molar-refractivity contribution in [2.75, 3.05) is 18.6 Å². The molecule has 0 radical (unpaired) electrons. The van der Waals surface area contributed by atoms with Crippen molar-refractivity contribution in [3.8, 4) is 0 Å². The van der Waals surface area contributed by atoms with Gasteiger partial charge in [0.2, 0.25) is 0 Å². The van der Waals surface area contributed by atoms with E-state index in [0.717, 1.165) is 16.5 Å². The van der Waals surface area contributed by atoms with E-state index >= 15 is 0 Å². The first-order valence-corrected chi connectivity index (χ1v) is 16.4. The van der Waals surface area contributed by atoms with Gasteiger partial charge in [0, 0.05) is 0 Å². The maximum atomic E-state index is 4.94. The topological polar surface area (TPSA) is 24.4 Å². The summed E-state index contributed by atoms with van der Waals surface area (Å²) in [6, 6.07) is 42.1. The van der Waals surface area contributed by atoms with E-state index in [1.807, 2.05) is 58.9 Å². The van der Waals surface area contributed by atoms with Crippen LogP contribution in [-0.4, -0.2) is 18.5 Å². The number of hydrogen-bond donors (Lipinski definition) is 1. The molecule has 2 nitrogen and oxygen atoms in total. The van der Waals surface area contributed by atoms with E-state index in [1.165, 1.54) is 10.6 Å². The van der Waals surface area contributed by atoms with Crippen LogP contribution in [0.25, 0.3) is 0 Å². The molecule has 0 heterocycles. The van der Waals surface area contributed by atoms with Crippen LogP contribution in [0, 0.1) is 0 Å². The SMILES string of the molecule is CP(C)(SSC(=Nc1ccccc1)Nc1ccccc1)(c1ccccc1)c1ccccc1. The average molecular weight is 475 g/mol. The number of anilines is 1. The first-order valence-electron chi connectivity index (χ1n) is 10.5. The number of amidine groups is 1. The van der Waals surface area contributed by atoms with Gasteiger partial charge in [0.25, 0.3) is 0 Å². The minimum absolute atomic E-state index is 0.872. The number of aliphatic imine (C=N–C) groups is 1. The third-order valence-corrected chi connectivity index (χ3v) is 17.8. The van der Waals surface area contributed by atoms with Gasteiger partial charge in [-0.25, -0.2) is 0 Å². The Balaban J connectivity index is 1.71. The van der Waals surface area contributed by atoms with Crippen molar-refractivity contribution in [2.24, 2.45) is 4.99 Å². The molecular weight excluding hydrogens is 447 g/mol. The molecule has 0 saturated carbocycles. The van der Waals surface area contributed by atoms with Crippen molar-refractivity contribution in [2.45, 2.75) is 0 Å². The van der Waals surface area contributed by atoms with Crippen molar-refractivity contribution in [3.05, 3.63) is 121 Å². The van der Waals surface area contributed by atoms with Gasteiger partial charge in [-0.3, -0.25) is 0 Å². The van der Waals surface area contributed by atoms with Crippen LogP contribution in [0.2, 0.25) is 0 Å². The molecule has 0 aromatic heterocycles. The molecule has 0 atom stereocenters. The molecule has 0 saturated heterocycles. The van der Waals surface area contributed by atoms with Crippen LogP contribution in [0.3, 0.4) is 0 Å². The molecule has 0 unspecified atom stereocenters. The van der Waals surface area contributed by atoms with E-state index in [1.54, 1.807) is 10.8 Å². The Bertz CT molecular complexity index is 1120. The fourth-order valence-electron chi connectivity index (χ4n) is 3.44. The Morgan fingerprint density at radius 2 is 1.06 bits per heavy atom. The summed E-state index contributed by atoms with van der Waals surface area (Å²) in [7, 11) is 3.65. The molecule has 0 aliphatic rings. The zero-order chi connectivity index (χ0) is 22.3. The number of nitrogens with zero attached hydrogens (tertiary/aromatic N) is 1. The van der Waals surface area contributed by atoms with Gasteiger partial charge in [-0.15, -0.1) is 0 Å². The Morgan fingerprint density at radius 3 is 1.56 bits per heavy atom. The first-order chi connectivity index (χ1) is 15.5. The van der Waals surface area contributed by atoms with Gasteiger partial charge in [0.05, 0.1) is 0 Å². The van der Waals surface area contributed by atoms with Gasteiger partial charge in [-0.1, -0.05) is 0 Å². The summed E-state index contributed by atoms with van der Waals surface area (Å²) in [6.45, 7) is 4.85. The Kier molecular flexibility index (Phi) is 7.05. The van der Waals surface area contributed by atoms with Crippen LogP contribution in [0.5, 0.6) is 0 Å². The van der Waals surface area contributed by atoms with E-state index in [0.29, 0.717) is 0 Å². The quantitative estimate of drug-likeness (QED) is 0.135. The van der Waals surface area contributed by atoms with Crippen LogP contribution in [0.1, 0.15) is 0 Å². The molecule has 0 bridgehead atoms. The van der Waals surface area contributed by atoms with E-state index in [9.17, 15) is 0 Å². The molecule has 0 aliphatic carbocycles. The van der Waals surface area contributed by atoms with Crippen LogP contribution >= 0.6 is 27.0 Å². The normalized spacial score (nSPS) is 13.2. The molecule has 4 rings (SSSR count). The number of nitrogens with one attached hydrogen (secondary N) is 1. The molecule has 4 aromatic rings. The van der Waals surface area contributed by atoms with Crippen LogP contribution in [-0.2, 0) is 0 Å². The summed E-state index contributed by atoms with van der Waals surface area (Å²) in [5.41, 5.74) is 1.97. The van der Waals surface area contributed by atoms with Gasteiger partial charge >= 0.3 is 199 Å². The first kappa shape index (κ1) is 22.7. The second kappa shape index (κ2) is 9.95. The van der Waals surface area contributed by atoms with Gasteiger partial charge < -0.3 is 0 Å². The molecule has 0 aliphatic heterocycles. The van der Waals surface area contributed by atoms with Gasteiger partial charge in [-0.2, -0.15) is 0 Å². The Hall–Kier alpha value is -2.52. The zero-order valence-electron chi connectivity index (χ0n) is 18.3. The number of hydrogen-bond acceptors (Lipinski definition) is 3. The Labute approximate surface area is 198 Å². The molecular formula is C27H27N2PS2. The van der Waals surface area contributed by atoms with Crippen molar-refractivity contribution in [3.63, 3.8) is 0 Å². The summed E-state index contributed by atoms with van der Waals surface area (Å²) < 4.78 is 0. The molecule has 1 N–H and O–H groups in total. The molecule has 0 fully saturated rings. The summed E-state index contributed by atoms with van der Waals surface area (Å²) in [5, 5.41) is 7.16. The zero-order valence-corrected chi connectivity index (χ0v) is 20.8. The monoisotopic (exact) mass is 474 g/mol. The fraction of sp³-hybridized carbons (Fsp3) is 0.0741. The van der Waals surface area contributed by atoms with E-state index < -0.39 is 5.81 Å². The van der Waals surface area contributed by atoms with Gasteiger partial charge in [-0.05, 0) is 0 Å². The fourth-order valence-corrected chi connectivity index (χ4v) is 13.1. The third-order valence-electron chi connectivity index (χ3n) is 5.37. The molecule has 0 spiro atoms. The van der Waals surface area contributed by atoms with E-state index in [-0.39, 0.29) is 0 Å². The second-order valence-corrected chi connectivity index (χ2v) is 19.4. The summed E-state index contributed by atoms with van der Waals surface area (Å²) in [6.07, 6.45) is 0. The minimum atomic E-state index is -2.54. The average Bonchev–Trinajstić information content (AvgIpc) is 2.85. The summed E-state index contributed by atoms with van der Waals surface area (Å²) in [5.74, 6) is -2.54. The van der Waals surface area contributed by atoms with E-state index in [4.69, 9.17) is 4.99 Å². The Morgan fingerprint density at radius 1 is 0.625 bits per heavy atom. The number of benzene rings is 4. The van der Waals surface area contributed by atoms with Crippen molar-refractivity contribution < 1.29 is 0 Å². The van der Waals surface area contributed by atoms with E-state index in [2.05, 4.69) is 91.4 Å². The molecule has 4 aromatic carbocycles. The molecule has 162 valence electrons. The number of para-hydroxylation sites is 2. The van der Waals surface area contributed by atoms with Crippen LogP contribution < -0.4 is 15.9 Å². The predicted octanol–water partition coefficient (Wildman–Crippen LogP) is 7.55. The molecule has 32 heavy (non-hydrogen) atoms. The molecule has 0 amide bonds. The van der Waals surface area contributed by atoms with Gasteiger partial charge in [0.1, 0.15) is 0 Å².